The highest BCUT2D eigenvalue weighted by Gasteiger charge is 2.18. The van der Waals surface area contributed by atoms with Crippen LogP contribution in [0.1, 0.15) is 24.3 Å². The summed E-state index contributed by atoms with van der Waals surface area (Å²) >= 11 is 1.72. The molecule has 0 atom stereocenters. The van der Waals surface area contributed by atoms with Crippen LogP contribution in [0, 0.1) is 0 Å². The van der Waals surface area contributed by atoms with Crippen molar-refractivity contribution in [3.8, 4) is 0 Å². The zero-order valence-corrected chi connectivity index (χ0v) is 11.4. The molecule has 0 unspecified atom stereocenters. The maximum absolute atomic E-state index is 11.8. The molecule has 0 saturated carbocycles. The molecule has 0 saturated heterocycles. The summed E-state index contributed by atoms with van der Waals surface area (Å²) in [5.74, 6) is -0.136. The Morgan fingerprint density at radius 1 is 1.65 bits per heavy atom. The predicted octanol–water partition coefficient (Wildman–Crippen LogP) is 0.713. The summed E-state index contributed by atoms with van der Waals surface area (Å²) in [5.41, 5.74) is 5.87. The fraction of sp³-hybridized carbons (Fsp3) is 0.636. The van der Waals surface area contributed by atoms with Gasteiger partial charge in [-0.2, -0.15) is 11.8 Å². The first-order valence-electron chi connectivity index (χ1n) is 5.53. The van der Waals surface area contributed by atoms with Crippen LogP contribution >= 0.6 is 11.8 Å². The van der Waals surface area contributed by atoms with Gasteiger partial charge in [-0.25, -0.2) is 4.98 Å². The van der Waals surface area contributed by atoms with E-state index >= 15 is 0 Å². The molecule has 1 aromatic heterocycles. The third kappa shape index (κ3) is 4.40. The zero-order valence-electron chi connectivity index (χ0n) is 10.6. The lowest BCUT2D eigenvalue weighted by atomic mass is 10.2. The highest BCUT2D eigenvalue weighted by Crippen LogP contribution is 2.19. The molecule has 1 heterocycles. The molecule has 0 fully saturated rings. The smallest absolute Gasteiger partial charge is 0.271 e. The molecule has 0 aliphatic rings. The third-order valence-electron chi connectivity index (χ3n) is 2.48. The molecular weight excluding hydrogens is 236 g/mol. The highest BCUT2D eigenvalue weighted by atomic mass is 32.2. The van der Waals surface area contributed by atoms with Gasteiger partial charge in [-0.3, -0.25) is 4.79 Å². The Hall–Kier alpha value is -1.01. The van der Waals surface area contributed by atoms with Gasteiger partial charge in [-0.05, 0) is 20.1 Å². The van der Waals surface area contributed by atoms with E-state index in [0.29, 0.717) is 25.3 Å². The number of imidazole rings is 1. The van der Waals surface area contributed by atoms with E-state index in [1.54, 1.807) is 24.3 Å². The molecular formula is C11H20N4OS. The SMILES string of the molecule is CSC(C)(C)CNC(=O)c1cn(CCN)cn1. The Morgan fingerprint density at radius 2 is 2.35 bits per heavy atom. The van der Waals surface area contributed by atoms with Gasteiger partial charge in [-0.1, -0.05) is 0 Å². The second-order valence-electron chi connectivity index (χ2n) is 4.43. The number of thioether (sulfide) groups is 1. The molecule has 0 bridgehead atoms. The van der Waals surface area contributed by atoms with Crippen molar-refractivity contribution in [3.05, 3.63) is 18.2 Å². The van der Waals surface area contributed by atoms with Gasteiger partial charge in [0.15, 0.2) is 0 Å². The van der Waals surface area contributed by atoms with E-state index in [1.807, 2.05) is 10.8 Å². The number of carbonyl (C=O) groups is 1. The van der Waals surface area contributed by atoms with Crippen LogP contribution in [0.5, 0.6) is 0 Å². The van der Waals surface area contributed by atoms with E-state index in [-0.39, 0.29) is 10.7 Å². The van der Waals surface area contributed by atoms with Gasteiger partial charge in [0.1, 0.15) is 5.69 Å². The summed E-state index contributed by atoms with van der Waals surface area (Å²) in [6.07, 6.45) is 5.37. The van der Waals surface area contributed by atoms with Crippen LogP contribution in [0.2, 0.25) is 0 Å². The van der Waals surface area contributed by atoms with Crippen molar-refractivity contribution in [2.24, 2.45) is 5.73 Å². The molecule has 1 rings (SSSR count). The van der Waals surface area contributed by atoms with Gasteiger partial charge in [-0.15, -0.1) is 0 Å². The number of hydrogen-bond donors (Lipinski definition) is 2. The predicted molar refractivity (Wildman–Crippen MR) is 71.2 cm³/mol. The Kier molecular flexibility index (Phi) is 5.02. The Balaban J connectivity index is 2.52. The van der Waals surface area contributed by atoms with Crippen LogP contribution < -0.4 is 11.1 Å². The molecule has 6 heteroatoms. The zero-order chi connectivity index (χ0) is 12.9. The number of rotatable bonds is 6. The molecule has 96 valence electrons. The molecule has 17 heavy (non-hydrogen) atoms. The van der Waals surface area contributed by atoms with Crippen LogP contribution in [0.15, 0.2) is 12.5 Å². The first-order valence-corrected chi connectivity index (χ1v) is 6.76. The number of nitrogens with zero attached hydrogens (tertiary/aromatic N) is 2. The number of nitrogens with one attached hydrogen (secondary N) is 1. The van der Waals surface area contributed by atoms with Crippen molar-refractivity contribution < 1.29 is 4.79 Å². The van der Waals surface area contributed by atoms with Crippen molar-refractivity contribution in [1.29, 1.82) is 0 Å². The maximum Gasteiger partial charge on any atom is 0.271 e. The van der Waals surface area contributed by atoms with Crippen LogP contribution in [0.3, 0.4) is 0 Å². The van der Waals surface area contributed by atoms with Gasteiger partial charge in [0.05, 0.1) is 6.33 Å². The van der Waals surface area contributed by atoms with E-state index in [0.717, 1.165) is 0 Å². The minimum Gasteiger partial charge on any atom is -0.349 e. The van der Waals surface area contributed by atoms with Gasteiger partial charge >= 0.3 is 0 Å². The minimum atomic E-state index is -0.136. The molecule has 3 N–H and O–H groups in total. The van der Waals surface area contributed by atoms with Crippen molar-refractivity contribution in [1.82, 2.24) is 14.9 Å². The summed E-state index contributed by atoms with van der Waals surface area (Å²) < 4.78 is 1.85. The lowest BCUT2D eigenvalue weighted by Gasteiger charge is -2.21. The van der Waals surface area contributed by atoms with Crippen LogP contribution in [-0.2, 0) is 6.54 Å². The summed E-state index contributed by atoms with van der Waals surface area (Å²) in [5, 5.41) is 2.88. The Morgan fingerprint density at radius 3 is 2.94 bits per heavy atom. The normalized spacial score (nSPS) is 11.5. The van der Waals surface area contributed by atoms with Crippen LogP contribution in [-0.4, -0.2) is 39.6 Å². The monoisotopic (exact) mass is 256 g/mol. The lowest BCUT2D eigenvalue weighted by molar-refractivity contribution is 0.0946. The first-order chi connectivity index (χ1) is 7.98. The van der Waals surface area contributed by atoms with Crippen molar-refractivity contribution in [3.63, 3.8) is 0 Å². The highest BCUT2D eigenvalue weighted by molar-refractivity contribution is 7.99. The molecule has 0 aromatic carbocycles. The topological polar surface area (TPSA) is 72.9 Å². The van der Waals surface area contributed by atoms with Crippen molar-refractivity contribution in [2.45, 2.75) is 25.1 Å². The average molecular weight is 256 g/mol. The second-order valence-corrected chi connectivity index (χ2v) is 5.95. The molecule has 5 nitrogen and oxygen atoms in total. The summed E-state index contributed by atoms with van der Waals surface area (Å²) in [4.78, 5) is 15.8. The fourth-order valence-corrected chi connectivity index (χ4v) is 1.42. The molecule has 0 spiro atoms. The standard InChI is InChI=1S/C11H20N4OS/c1-11(2,17-3)7-13-10(16)9-6-15(5-4-12)8-14-9/h6,8H,4-5,7,12H2,1-3H3,(H,13,16). The van der Waals surface area contributed by atoms with Gasteiger partial charge in [0, 0.05) is 30.6 Å². The van der Waals surface area contributed by atoms with E-state index < -0.39 is 0 Å². The van der Waals surface area contributed by atoms with Crippen molar-refractivity contribution in [2.75, 3.05) is 19.3 Å². The average Bonchev–Trinajstić information content (AvgIpc) is 2.75. The van der Waals surface area contributed by atoms with E-state index in [9.17, 15) is 4.79 Å². The molecule has 1 aromatic rings. The van der Waals surface area contributed by atoms with E-state index in [2.05, 4.69) is 24.1 Å². The number of amides is 1. The first kappa shape index (κ1) is 14.1. The quantitative estimate of drug-likeness (QED) is 0.786. The number of carbonyl (C=O) groups excluding carboxylic acids is 1. The number of aromatic nitrogens is 2. The summed E-state index contributed by atoms with van der Waals surface area (Å²) in [6, 6.07) is 0. The third-order valence-corrected chi connectivity index (χ3v) is 3.73. The molecule has 0 radical (unpaired) electrons. The van der Waals surface area contributed by atoms with Crippen LogP contribution in [0.25, 0.3) is 0 Å². The number of hydrogen-bond acceptors (Lipinski definition) is 4. The molecule has 0 aliphatic heterocycles. The van der Waals surface area contributed by atoms with Crippen LogP contribution in [0.4, 0.5) is 0 Å². The van der Waals surface area contributed by atoms with E-state index in [1.165, 1.54) is 0 Å². The van der Waals surface area contributed by atoms with Gasteiger partial charge < -0.3 is 15.6 Å². The Bertz CT molecular complexity index is 375. The largest absolute Gasteiger partial charge is 0.349 e. The second kappa shape index (κ2) is 6.07. The summed E-state index contributed by atoms with van der Waals surface area (Å²) in [6.45, 7) is 6.01. The van der Waals surface area contributed by atoms with Gasteiger partial charge in [0.2, 0.25) is 0 Å². The number of nitrogens with two attached hydrogens (primary N) is 1. The maximum atomic E-state index is 11.8. The van der Waals surface area contributed by atoms with Gasteiger partial charge in [0.25, 0.3) is 5.91 Å². The van der Waals surface area contributed by atoms with E-state index in [4.69, 9.17) is 5.73 Å². The van der Waals surface area contributed by atoms with Crippen molar-refractivity contribution >= 4 is 17.7 Å². The fourth-order valence-electron chi connectivity index (χ4n) is 1.20. The minimum absolute atomic E-state index is 0.0372. The summed E-state index contributed by atoms with van der Waals surface area (Å²) in [7, 11) is 0. The lowest BCUT2D eigenvalue weighted by Crippen LogP contribution is -2.36. The Labute approximate surface area is 106 Å². The molecule has 0 aliphatic carbocycles. The molecule has 1 amide bonds.